The second kappa shape index (κ2) is 5.79. The van der Waals surface area contributed by atoms with E-state index in [1.54, 1.807) is 11.3 Å². The van der Waals surface area contributed by atoms with Crippen LogP contribution in [0, 0.1) is 0 Å². The molecule has 2 aromatic heterocycles. The van der Waals surface area contributed by atoms with Crippen LogP contribution in [-0.4, -0.2) is 39.1 Å². The molecule has 0 spiro atoms. The Kier molecular flexibility index (Phi) is 3.65. The summed E-state index contributed by atoms with van der Waals surface area (Å²) in [7, 11) is 2.09. The Morgan fingerprint density at radius 3 is 3.09 bits per heavy atom. The molecule has 0 amide bonds. The Hall–Kier alpha value is -1.76. The van der Waals surface area contributed by atoms with E-state index in [-0.39, 0.29) is 6.10 Å². The lowest BCUT2D eigenvalue weighted by Crippen LogP contribution is -2.38. The van der Waals surface area contributed by atoms with E-state index in [9.17, 15) is 0 Å². The van der Waals surface area contributed by atoms with Crippen LogP contribution >= 0.6 is 11.3 Å². The summed E-state index contributed by atoms with van der Waals surface area (Å²) in [6.07, 6.45) is 1.93. The second-order valence-electron chi connectivity index (χ2n) is 5.54. The third-order valence-electron chi connectivity index (χ3n) is 4.12. The average Bonchev–Trinajstić information content (AvgIpc) is 3.18. The summed E-state index contributed by atoms with van der Waals surface area (Å²) in [5.41, 5.74) is 2.24. The average molecular weight is 314 g/mol. The van der Waals surface area contributed by atoms with Crippen LogP contribution in [0.15, 0.2) is 35.8 Å². The van der Waals surface area contributed by atoms with Gasteiger partial charge in [-0.05, 0) is 12.1 Å². The molecule has 0 radical (unpaired) electrons. The van der Waals surface area contributed by atoms with Gasteiger partial charge in [0.25, 0.3) is 0 Å². The standard InChI is InChI=1S/C16H18N4OS/c1-19-13-5-3-2-4-12(13)18-15(19)11-20-7-8-21-14(10-20)16-17-6-9-22-16/h2-6,9,14H,7-8,10-11H2,1H3/t14-/m0/s1. The molecule has 0 bridgehead atoms. The summed E-state index contributed by atoms with van der Waals surface area (Å²) in [5, 5.41) is 3.07. The zero-order valence-electron chi connectivity index (χ0n) is 12.5. The van der Waals surface area contributed by atoms with Crippen molar-refractivity contribution in [1.29, 1.82) is 0 Å². The normalized spacial score (nSPS) is 19.8. The molecule has 0 aliphatic carbocycles. The first kappa shape index (κ1) is 13.9. The van der Waals surface area contributed by atoms with Gasteiger partial charge in [-0.25, -0.2) is 9.97 Å². The van der Waals surface area contributed by atoms with Crippen molar-refractivity contribution >= 4 is 22.4 Å². The maximum absolute atomic E-state index is 5.86. The Morgan fingerprint density at radius 1 is 1.36 bits per heavy atom. The zero-order chi connectivity index (χ0) is 14.9. The Labute approximate surface area is 133 Å². The summed E-state index contributed by atoms with van der Waals surface area (Å²) >= 11 is 1.66. The molecule has 1 aliphatic heterocycles. The highest BCUT2D eigenvalue weighted by atomic mass is 32.1. The van der Waals surface area contributed by atoms with Crippen molar-refractivity contribution < 1.29 is 4.74 Å². The van der Waals surface area contributed by atoms with E-state index in [4.69, 9.17) is 9.72 Å². The summed E-state index contributed by atoms with van der Waals surface area (Å²) in [6, 6.07) is 8.27. The number of hydrogen-bond acceptors (Lipinski definition) is 5. The van der Waals surface area contributed by atoms with Crippen LogP contribution in [0.5, 0.6) is 0 Å². The van der Waals surface area contributed by atoms with E-state index in [0.717, 1.165) is 42.6 Å². The van der Waals surface area contributed by atoms with Gasteiger partial charge < -0.3 is 9.30 Å². The predicted molar refractivity (Wildman–Crippen MR) is 86.8 cm³/mol. The molecule has 1 atom stereocenters. The van der Waals surface area contributed by atoms with Crippen molar-refractivity contribution in [1.82, 2.24) is 19.4 Å². The fourth-order valence-electron chi connectivity index (χ4n) is 2.93. The lowest BCUT2D eigenvalue weighted by atomic mass is 10.3. The van der Waals surface area contributed by atoms with Gasteiger partial charge in [0, 0.05) is 31.7 Å². The topological polar surface area (TPSA) is 43.2 Å². The van der Waals surface area contributed by atoms with Crippen LogP contribution in [0.3, 0.4) is 0 Å². The third kappa shape index (κ3) is 2.54. The highest BCUT2D eigenvalue weighted by molar-refractivity contribution is 7.09. The Bertz CT molecular complexity index is 768. The van der Waals surface area contributed by atoms with Gasteiger partial charge in [-0.15, -0.1) is 11.3 Å². The predicted octanol–water partition coefficient (Wildman–Crippen LogP) is 2.60. The maximum atomic E-state index is 5.86. The van der Waals surface area contributed by atoms with Crippen molar-refractivity contribution in [2.24, 2.45) is 7.05 Å². The molecule has 1 fully saturated rings. The molecule has 1 aromatic carbocycles. The van der Waals surface area contributed by atoms with Gasteiger partial charge in [0.05, 0.1) is 24.2 Å². The number of imidazole rings is 1. The van der Waals surface area contributed by atoms with Gasteiger partial charge in [0.1, 0.15) is 16.9 Å². The number of fused-ring (bicyclic) bond motifs is 1. The van der Waals surface area contributed by atoms with E-state index in [1.807, 2.05) is 17.6 Å². The Balaban J connectivity index is 1.53. The summed E-state index contributed by atoms with van der Waals surface area (Å²) < 4.78 is 8.04. The smallest absolute Gasteiger partial charge is 0.123 e. The number of benzene rings is 1. The number of para-hydroxylation sites is 2. The number of rotatable bonds is 3. The van der Waals surface area contributed by atoms with Crippen molar-refractivity contribution in [2.75, 3.05) is 19.7 Å². The van der Waals surface area contributed by atoms with Gasteiger partial charge >= 0.3 is 0 Å². The summed E-state index contributed by atoms with van der Waals surface area (Å²) in [6.45, 7) is 3.40. The van der Waals surface area contributed by atoms with Crippen LogP contribution in [0.1, 0.15) is 16.9 Å². The fraction of sp³-hybridized carbons (Fsp3) is 0.375. The van der Waals surface area contributed by atoms with E-state index < -0.39 is 0 Å². The molecule has 6 heteroatoms. The largest absolute Gasteiger partial charge is 0.368 e. The van der Waals surface area contributed by atoms with Crippen molar-refractivity contribution in [3.8, 4) is 0 Å². The highest BCUT2D eigenvalue weighted by Gasteiger charge is 2.24. The number of aromatic nitrogens is 3. The molecule has 0 saturated carbocycles. The summed E-state index contributed by atoms with van der Waals surface area (Å²) in [5.74, 6) is 1.10. The first-order valence-corrected chi connectivity index (χ1v) is 8.33. The fourth-order valence-corrected chi connectivity index (χ4v) is 3.60. The van der Waals surface area contributed by atoms with Gasteiger partial charge in [0.15, 0.2) is 0 Å². The van der Waals surface area contributed by atoms with E-state index in [0.29, 0.717) is 0 Å². The molecule has 1 saturated heterocycles. The van der Waals surface area contributed by atoms with Crippen LogP contribution in [0.2, 0.25) is 0 Å². The number of ether oxygens (including phenoxy) is 1. The second-order valence-corrected chi connectivity index (χ2v) is 6.47. The third-order valence-corrected chi connectivity index (χ3v) is 4.99. The molecule has 3 aromatic rings. The van der Waals surface area contributed by atoms with Crippen molar-refractivity contribution in [3.63, 3.8) is 0 Å². The monoisotopic (exact) mass is 314 g/mol. The minimum Gasteiger partial charge on any atom is -0.368 e. The maximum Gasteiger partial charge on any atom is 0.123 e. The molecule has 0 N–H and O–H groups in total. The van der Waals surface area contributed by atoms with Crippen LogP contribution in [-0.2, 0) is 18.3 Å². The van der Waals surface area contributed by atoms with Crippen molar-refractivity contribution in [3.05, 3.63) is 46.7 Å². The van der Waals surface area contributed by atoms with Gasteiger partial charge in [0.2, 0.25) is 0 Å². The van der Waals surface area contributed by atoms with Crippen molar-refractivity contribution in [2.45, 2.75) is 12.6 Å². The molecule has 22 heavy (non-hydrogen) atoms. The van der Waals surface area contributed by atoms with E-state index >= 15 is 0 Å². The quantitative estimate of drug-likeness (QED) is 0.745. The molecular weight excluding hydrogens is 296 g/mol. The molecule has 0 unspecified atom stereocenters. The molecule has 3 heterocycles. The van der Waals surface area contributed by atoms with Gasteiger partial charge in [-0.3, -0.25) is 4.90 Å². The number of hydrogen-bond donors (Lipinski definition) is 0. The van der Waals surface area contributed by atoms with Crippen LogP contribution in [0.4, 0.5) is 0 Å². The van der Waals surface area contributed by atoms with E-state index in [2.05, 4.69) is 39.7 Å². The molecule has 5 nitrogen and oxygen atoms in total. The Morgan fingerprint density at radius 2 is 2.27 bits per heavy atom. The number of aryl methyl sites for hydroxylation is 1. The minimum atomic E-state index is 0.0865. The number of nitrogens with zero attached hydrogens (tertiary/aromatic N) is 4. The lowest BCUT2D eigenvalue weighted by Gasteiger charge is -2.31. The molecular formula is C16H18N4OS. The zero-order valence-corrected chi connectivity index (χ0v) is 13.3. The first-order valence-electron chi connectivity index (χ1n) is 7.45. The van der Waals surface area contributed by atoms with Crippen LogP contribution < -0.4 is 0 Å². The number of thiazole rings is 1. The highest BCUT2D eigenvalue weighted by Crippen LogP contribution is 2.25. The SMILES string of the molecule is Cn1c(CN2CCO[C@H](c3nccs3)C2)nc2ccccc21. The van der Waals surface area contributed by atoms with Gasteiger partial charge in [-0.2, -0.15) is 0 Å². The molecule has 114 valence electrons. The lowest BCUT2D eigenvalue weighted by molar-refractivity contribution is -0.0339. The van der Waals surface area contributed by atoms with Crippen LogP contribution in [0.25, 0.3) is 11.0 Å². The van der Waals surface area contributed by atoms with E-state index in [1.165, 1.54) is 5.52 Å². The summed E-state index contributed by atoms with van der Waals surface area (Å²) in [4.78, 5) is 11.5. The van der Waals surface area contributed by atoms with Gasteiger partial charge in [-0.1, -0.05) is 12.1 Å². The number of morpholine rings is 1. The molecule has 4 rings (SSSR count). The first-order chi connectivity index (χ1) is 10.8. The molecule has 1 aliphatic rings. The minimum absolute atomic E-state index is 0.0865.